The fraction of sp³-hybridized carbons (Fsp3) is 0.720. The monoisotopic (exact) mass is 441 g/mol. The van der Waals surface area contributed by atoms with Crippen LogP contribution in [0.2, 0.25) is 0 Å². The Labute approximate surface area is 189 Å². The number of carbonyl (C=O) groups is 1. The van der Waals surface area contributed by atoms with E-state index in [-0.39, 0.29) is 41.2 Å². The molecule has 4 aliphatic rings. The number of hydrogen-bond acceptors (Lipinski definition) is 6. The van der Waals surface area contributed by atoms with Crippen LogP contribution in [0.4, 0.5) is 0 Å². The van der Waals surface area contributed by atoms with Gasteiger partial charge in [-0.2, -0.15) is 0 Å². The Morgan fingerprint density at radius 1 is 1.22 bits per heavy atom. The minimum Gasteiger partial charge on any atom is -0.459 e. The van der Waals surface area contributed by atoms with Crippen LogP contribution in [0.15, 0.2) is 22.5 Å². The first-order chi connectivity index (χ1) is 15.3. The van der Waals surface area contributed by atoms with Crippen molar-refractivity contribution in [2.45, 2.75) is 83.0 Å². The number of esters is 1. The van der Waals surface area contributed by atoms with E-state index in [0.29, 0.717) is 11.7 Å². The summed E-state index contributed by atoms with van der Waals surface area (Å²) in [7, 11) is 0. The summed E-state index contributed by atoms with van der Waals surface area (Å²) in [6.07, 6.45) is 8.21. The summed E-state index contributed by atoms with van der Waals surface area (Å²) < 4.78 is 12.1. The zero-order valence-corrected chi connectivity index (χ0v) is 19.4. The van der Waals surface area contributed by atoms with E-state index in [1.165, 1.54) is 5.57 Å². The predicted octanol–water partition coefficient (Wildman–Crippen LogP) is 3.09. The molecule has 0 bridgehead atoms. The van der Waals surface area contributed by atoms with Gasteiger partial charge >= 0.3 is 5.97 Å². The third-order valence-electron chi connectivity index (χ3n) is 8.08. The van der Waals surface area contributed by atoms with Gasteiger partial charge in [0, 0.05) is 24.4 Å². The molecule has 1 aromatic heterocycles. The number of H-pyrrole nitrogens is 1. The van der Waals surface area contributed by atoms with Crippen molar-refractivity contribution in [3.63, 3.8) is 0 Å². The van der Waals surface area contributed by atoms with Gasteiger partial charge in [0.05, 0.1) is 17.2 Å². The first-order valence-electron chi connectivity index (χ1n) is 12.2. The molecule has 3 fully saturated rings. The third kappa shape index (κ3) is 4.29. The molecule has 174 valence electrons. The van der Waals surface area contributed by atoms with E-state index in [0.717, 1.165) is 63.9 Å². The van der Waals surface area contributed by atoms with Crippen LogP contribution in [-0.4, -0.2) is 58.3 Å². The number of hydrogen-bond donors (Lipinski definition) is 1. The van der Waals surface area contributed by atoms with Crippen molar-refractivity contribution in [3.8, 4) is 0 Å². The molecule has 0 radical (unpaired) electrons. The van der Waals surface area contributed by atoms with Gasteiger partial charge in [-0.1, -0.05) is 11.6 Å². The van der Waals surface area contributed by atoms with E-state index in [2.05, 4.69) is 34.8 Å². The number of epoxide rings is 1. The van der Waals surface area contributed by atoms with Crippen molar-refractivity contribution in [1.82, 2.24) is 14.9 Å². The maximum atomic E-state index is 13.0. The highest BCUT2D eigenvalue weighted by molar-refractivity contribution is 5.75. The van der Waals surface area contributed by atoms with Crippen LogP contribution in [0.1, 0.15) is 69.8 Å². The summed E-state index contributed by atoms with van der Waals surface area (Å²) in [5, 5.41) is 0. The minimum atomic E-state index is -0.150. The second kappa shape index (κ2) is 8.41. The van der Waals surface area contributed by atoms with Crippen LogP contribution in [0, 0.1) is 18.8 Å². The topological polar surface area (TPSA) is 87.8 Å². The molecular weight excluding hydrogens is 406 g/mol. The lowest BCUT2D eigenvalue weighted by Gasteiger charge is -2.34. The molecule has 7 heteroatoms. The number of ether oxygens (including phenoxy) is 2. The van der Waals surface area contributed by atoms with E-state index in [4.69, 9.17) is 9.47 Å². The molecule has 0 aromatic carbocycles. The van der Waals surface area contributed by atoms with Gasteiger partial charge in [-0.25, -0.2) is 4.98 Å². The molecule has 5 rings (SSSR count). The largest absolute Gasteiger partial charge is 0.459 e. The highest BCUT2D eigenvalue weighted by Gasteiger charge is 2.62. The van der Waals surface area contributed by atoms with Crippen molar-refractivity contribution in [3.05, 3.63) is 39.6 Å². The number of nitrogens with one attached hydrogen (secondary N) is 1. The fourth-order valence-corrected chi connectivity index (χ4v) is 6.05. The molecule has 5 atom stereocenters. The molecule has 3 saturated heterocycles. The summed E-state index contributed by atoms with van der Waals surface area (Å²) in [6.45, 7) is 8.77. The molecule has 0 unspecified atom stereocenters. The number of aromatic nitrogens is 2. The SMILES string of the molecule is C/C1=C\CC[C@@]2(C)O[C@@H]2[C@H]2OC(=O)[C@@H](CN3CCC(c4cc(=O)[nH]c(C)n4)CC3)[C@@H]2CC1. The van der Waals surface area contributed by atoms with E-state index in [1.807, 2.05) is 6.92 Å². The summed E-state index contributed by atoms with van der Waals surface area (Å²) in [5.74, 6) is 1.05. The molecule has 1 aromatic rings. The molecule has 7 nitrogen and oxygen atoms in total. The first-order valence-corrected chi connectivity index (χ1v) is 12.2. The number of fused-ring (bicyclic) bond motifs is 3. The predicted molar refractivity (Wildman–Crippen MR) is 120 cm³/mol. The Morgan fingerprint density at radius 3 is 2.75 bits per heavy atom. The Bertz CT molecular complexity index is 964. The molecule has 1 aliphatic carbocycles. The van der Waals surface area contributed by atoms with Crippen LogP contribution >= 0.6 is 0 Å². The molecule has 0 amide bonds. The van der Waals surface area contributed by atoms with E-state index in [1.54, 1.807) is 6.07 Å². The average Bonchev–Trinajstić information content (AvgIpc) is 3.32. The molecule has 32 heavy (non-hydrogen) atoms. The second-order valence-electron chi connectivity index (χ2n) is 10.5. The van der Waals surface area contributed by atoms with Crippen molar-refractivity contribution >= 4 is 5.97 Å². The Balaban J connectivity index is 1.25. The second-order valence-corrected chi connectivity index (χ2v) is 10.5. The van der Waals surface area contributed by atoms with Crippen LogP contribution in [0.25, 0.3) is 0 Å². The number of allylic oxidation sites excluding steroid dienone is 2. The van der Waals surface area contributed by atoms with Gasteiger partial charge in [-0.05, 0) is 72.4 Å². The lowest BCUT2D eigenvalue weighted by atomic mass is 9.80. The smallest absolute Gasteiger partial charge is 0.311 e. The third-order valence-corrected chi connectivity index (χ3v) is 8.08. The van der Waals surface area contributed by atoms with Gasteiger partial charge < -0.3 is 19.4 Å². The number of rotatable bonds is 3. The van der Waals surface area contributed by atoms with E-state index in [9.17, 15) is 9.59 Å². The number of likely N-dealkylation sites (tertiary alicyclic amines) is 1. The lowest BCUT2D eigenvalue weighted by molar-refractivity contribution is -0.145. The zero-order chi connectivity index (χ0) is 22.5. The quantitative estimate of drug-likeness (QED) is 0.441. The molecule has 4 heterocycles. The highest BCUT2D eigenvalue weighted by Crippen LogP contribution is 2.50. The Kier molecular flexibility index (Phi) is 5.74. The van der Waals surface area contributed by atoms with Crippen LogP contribution in [0.5, 0.6) is 0 Å². The van der Waals surface area contributed by atoms with Gasteiger partial charge in [0.25, 0.3) is 5.56 Å². The average molecular weight is 442 g/mol. The van der Waals surface area contributed by atoms with E-state index >= 15 is 0 Å². The van der Waals surface area contributed by atoms with E-state index < -0.39 is 0 Å². The lowest BCUT2D eigenvalue weighted by Crippen LogP contribution is -2.40. The van der Waals surface area contributed by atoms with Crippen LogP contribution < -0.4 is 5.56 Å². The number of carbonyl (C=O) groups excluding carboxylic acids is 1. The highest BCUT2D eigenvalue weighted by atomic mass is 16.6. The number of aryl methyl sites for hydroxylation is 1. The van der Waals surface area contributed by atoms with Crippen LogP contribution in [0.3, 0.4) is 0 Å². The fourth-order valence-electron chi connectivity index (χ4n) is 6.05. The molecular formula is C25H35N3O4. The van der Waals surface area contributed by atoms with Gasteiger partial charge in [0.1, 0.15) is 18.0 Å². The standard InChI is InChI=1S/C25H35N3O4/c1-15-5-4-10-25(3)23(32-25)22-18(7-6-15)19(24(30)31-22)14-28-11-8-17(9-12-28)20-13-21(29)27-16(2)26-20/h5,13,17-19,22-23H,4,6-12,14H2,1-3H3,(H,26,27,29)/b15-5+/t18-,19-,22-,23+,25+/m0/s1. The Morgan fingerprint density at radius 2 is 2.00 bits per heavy atom. The van der Waals surface area contributed by atoms with Gasteiger partial charge in [-0.3, -0.25) is 9.59 Å². The van der Waals surface area contributed by atoms with Crippen molar-refractivity contribution in [2.75, 3.05) is 19.6 Å². The summed E-state index contributed by atoms with van der Waals surface area (Å²) in [5.41, 5.74) is 2.07. The van der Waals surface area contributed by atoms with Gasteiger partial charge in [0.2, 0.25) is 0 Å². The van der Waals surface area contributed by atoms with Crippen LogP contribution in [-0.2, 0) is 14.3 Å². The van der Waals surface area contributed by atoms with Gasteiger partial charge in [-0.15, -0.1) is 0 Å². The molecule has 0 spiro atoms. The van der Waals surface area contributed by atoms with Crippen molar-refractivity contribution < 1.29 is 14.3 Å². The summed E-state index contributed by atoms with van der Waals surface area (Å²) in [4.78, 5) is 34.5. The maximum Gasteiger partial charge on any atom is 0.311 e. The molecule has 0 saturated carbocycles. The normalized spacial score (nSPS) is 37.7. The molecule has 1 N–H and O–H groups in total. The minimum absolute atomic E-state index is 0.0458. The van der Waals surface area contributed by atoms with Gasteiger partial charge in [0.15, 0.2) is 0 Å². The van der Waals surface area contributed by atoms with Crippen molar-refractivity contribution in [2.24, 2.45) is 11.8 Å². The zero-order valence-electron chi connectivity index (χ0n) is 19.4. The van der Waals surface area contributed by atoms with Crippen molar-refractivity contribution in [1.29, 1.82) is 0 Å². The number of nitrogens with zero attached hydrogens (tertiary/aromatic N) is 2. The number of piperidine rings is 1. The summed E-state index contributed by atoms with van der Waals surface area (Å²) in [6, 6.07) is 1.63. The Hall–Kier alpha value is -1.99. The number of aromatic amines is 1. The molecule has 3 aliphatic heterocycles. The summed E-state index contributed by atoms with van der Waals surface area (Å²) >= 11 is 0. The maximum absolute atomic E-state index is 13.0. The first kappa shape index (κ1) is 21.8.